The molecule has 2 N–H and O–H groups in total. The largest absolute Gasteiger partial charge is 0.423 e. The number of amides is 2. The number of benzene rings is 2. The van der Waals surface area contributed by atoms with Crippen LogP contribution in [-0.4, -0.2) is 29.9 Å². The molecule has 7 nitrogen and oxygen atoms in total. The second kappa shape index (κ2) is 7.95. The van der Waals surface area contributed by atoms with Crippen molar-refractivity contribution in [3.05, 3.63) is 59.2 Å². The van der Waals surface area contributed by atoms with Crippen molar-refractivity contribution < 1.29 is 14.0 Å². The van der Waals surface area contributed by atoms with Crippen molar-refractivity contribution in [2.45, 2.75) is 26.7 Å². The molecule has 150 valence electrons. The fourth-order valence-electron chi connectivity index (χ4n) is 3.68. The van der Waals surface area contributed by atoms with Gasteiger partial charge in [0.2, 0.25) is 5.91 Å². The molecule has 1 aliphatic rings. The molecule has 3 aromatic rings. The number of piperidine rings is 1. The van der Waals surface area contributed by atoms with E-state index in [-0.39, 0.29) is 17.7 Å². The van der Waals surface area contributed by atoms with Crippen LogP contribution in [0.25, 0.3) is 11.1 Å². The third-order valence-electron chi connectivity index (χ3n) is 5.34. The number of anilines is 1. The van der Waals surface area contributed by atoms with Crippen molar-refractivity contribution in [2.24, 2.45) is 5.92 Å². The molecule has 2 amide bonds. The van der Waals surface area contributed by atoms with E-state index in [1.165, 1.54) is 0 Å². The summed E-state index contributed by atoms with van der Waals surface area (Å²) >= 11 is 0. The maximum atomic E-state index is 12.5. The number of rotatable bonds is 3. The molecular weight excluding hydrogens is 368 g/mol. The van der Waals surface area contributed by atoms with Crippen molar-refractivity contribution in [1.82, 2.24) is 15.8 Å². The highest BCUT2D eigenvalue weighted by molar-refractivity contribution is 5.96. The average molecular weight is 392 g/mol. The van der Waals surface area contributed by atoms with Gasteiger partial charge in [-0.15, -0.1) is 0 Å². The van der Waals surface area contributed by atoms with Gasteiger partial charge in [0, 0.05) is 24.6 Å². The predicted molar refractivity (Wildman–Crippen MR) is 110 cm³/mol. The molecule has 7 heteroatoms. The van der Waals surface area contributed by atoms with Crippen LogP contribution < -0.4 is 15.8 Å². The minimum Gasteiger partial charge on any atom is -0.423 e. The molecule has 1 aromatic heterocycles. The maximum absolute atomic E-state index is 12.5. The predicted octanol–water partition coefficient (Wildman–Crippen LogP) is 3.12. The first-order valence-corrected chi connectivity index (χ1v) is 9.79. The van der Waals surface area contributed by atoms with Gasteiger partial charge in [-0.3, -0.25) is 20.4 Å². The minimum absolute atomic E-state index is 0.157. The zero-order chi connectivity index (χ0) is 20.4. The van der Waals surface area contributed by atoms with Crippen LogP contribution >= 0.6 is 0 Å². The van der Waals surface area contributed by atoms with E-state index >= 15 is 0 Å². The number of hydrogen-bond acceptors (Lipinski definition) is 5. The molecule has 2 heterocycles. The molecular formula is C22H24N4O3. The van der Waals surface area contributed by atoms with E-state index in [1.54, 1.807) is 6.07 Å². The molecule has 4 rings (SSSR count). The van der Waals surface area contributed by atoms with E-state index in [0.29, 0.717) is 37.5 Å². The first kappa shape index (κ1) is 19.0. The monoisotopic (exact) mass is 392 g/mol. The first-order valence-electron chi connectivity index (χ1n) is 9.79. The summed E-state index contributed by atoms with van der Waals surface area (Å²) in [4.78, 5) is 31.4. The lowest BCUT2D eigenvalue weighted by Gasteiger charge is -2.30. The maximum Gasteiger partial charge on any atom is 0.298 e. The van der Waals surface area contributed by atoms with Crippen LogP contribution in [0.3, 0.4) is 0 Å². The quantitative estimate of drug-likeness (QED) is 0.669. The summed E-state index contributed by atoms with van der Waals surface area (Å²) in [7, 11) is 0. The van der Waals surface area contributed by atoms with Gasteiger partial charge >= 0.3 is 0 Å². The number of para-hydroxylation sites is 2. The Balaban J connectivity index is 1.30. The lowest BCUT2D eigenvalue weighted by molar-refractivity contribution is -0.126. The summed E-state index contributed by atoms with van der Waals surface area (Å²) in [5, 5.41) is 0. The van der Waals surface area contributed by atoms with Crippen molar-refractivity contribution in [3.63, 3.8) is 0 Å². The second-order valence-corrected chi connectivity index (χ2v) is 7.49. The molecule has 1 fully saturated rings. The fourth-order valence-corrected chi connectivity index (χ4v) is 3.68. The Morgan fingerprint density at radius 2 is 1.83 bits per heavy atom. The number of fused-ring (bicyclic) bond motifs is 1. The lowest BCUT2D eigenvalue weighted by Crippen LogP contribution is -2.47. The van der Waals surface area contributed by atoms with Crippen LogP contribution in [0.4, 0.5) is 6.01 Å². The number of aryl methyl sites for hydroxylation is 2. The SMILES string of the molecule is Cc1ccc(C(=O)NNC(=O)C2CCN(c3nc4ccccc4o3)CC2)c(C)c1. The zero-order valence-corrected chi connectivity index (χ0v) is 16.6. The Labute approximate surface area is 169 Å². The summed E-state index contributed by atoms with van der Waals surface area (Å²) in [5.41, 5.74) is 9.22. The Morgan fingerprint density at radius 1 is 1.07 bits per heavy atom. The molecule has 0 bridgehead atoms. The van der Waals surface area contributed by atoms with Crippen molar-refractivity contribution in [2.75, 3.05) is 18.0 Å². The Morgan fingerprint density at radius 3 is 2.55 bits per heavy atom. The van der Waals surface area contributed by atoms with Gasteiger partial charge in [-0.25, -0.2) is 0 Å². The highest BCUT2D eigenvalue weighted by Gasteiger charge is 2.27. The van der Waals surface area contributed by atoms with Crippen molar-refractivity contribution in [3.8, 4) is 0 Å². The molecule has 1 saturated heterocycles. The van der Waals surface area contributed by atoms with Gasteiger partial charge in [0.25, 0.3) is 11.9 Å². The van der Waals surface area contributed by atoms with Crippen LogP contribution in [0.15, 0.2) is 46.9 Å². The number of aromatic nitrogens is 1. The molecule has 0 spiro atoms. The molecule has 1 aliphatic heterocycles. The van der Waals surface area contributed by atoms with Crippen LogP contribution in [-0.2, 0) is 4.79 Å². The summed E-state index contributed by atoms with van der Waals surface area (Å²) < 4.78 is 5.81. The van der Waals surface area contributed by atoms with Crippen LogP contribution in [0.2, 0.25) is 0 Å². The normalized spacial score (nSPS) is 14.8. The number of carbonyl (C=O) groups is 2. The Hall–Kier alpha value is -3.35. The highest BCUT2D eigenvalue weighted by Crippen LogP contribution is 2.26. The van der Waals surface area contributed by atoms with E-state index in [1.807, 2.05) is 50.2 Å². The number of oxazole rings is 1. The Bertz CT molecular complexity index is 1020. The number of nitrogens with zero attached hydrogens (tertiary/aromatic N) is 2. The molecule has 0 radical (unpaired) electrons. The highest BCUT2D eigenvalue weighted by atomic mass is 16.4. The standard InChI is InChI=1S/C22H24N4O3/c1-14-7-8-17(15(2)13-14)21(28)25-24-20(27)16-9-11-26(12-10-16)22-23-18-5-3-4-6-19(18)29-22/h3-8,13,16H,9-12H2,1-2H3,(H,24,27)(H,25,28). The second-order valence-electron chi connectivity index (χ2n) is 7.49. The smallest absolute Gasteiger partial charge is 0.298 e. The zero-order valence-electron chi connectivity index (χ0n) is 16.6. The van der Waals surface area contributed by atoms with E-state index < -0.39 is 0 Å². The van der Waals surface area contributed by atoms with Gasteiger partial charge in [-0.05, 0) is 50.5 Å². The summed E-state index contributed by atoms with van der Waals surface area (Å²) in [5.74, 6) is -0.630. The third kappa shape index (κ3) is 4.08. The molecule has 0 saturated carbocycles. The van der Waals surface area contributed by atoms with E-state index in [9.17, 15) is 9.59 Å². The summed E-state index contributed by atoms with van der Waals surface area (Å²) in [6.07, 6.45) is 1.34. The summed E-state index contributed by atoms with van der Waals surface area (Å²) in [6.45, 7) is 5.21. The van der Waals surface area contributed by atoms with E-state index in [2.05, 4.69) is 20.7 Å². The average Bonchev–Trinajstić information content (AvgIpc) is 3.16. The van der Waals surface area contributed by atoms with Gasteiger partial charge in [-0.1, -0.05) is 29.8 Å². The topological polar surface area (TPSA) is 87.5 Å². The summed E-state index contributed by atoms with van der Waals surface area (Å²) in [6, 6.07) is 13.8. The number of nitrogens with one attached hydrogen (secondary N) is 2. The minimum atomic E-state index is -0.306. The lowest BCUT2D eigenvalue weighted by atomic mass is 9.96. The molecule has 0 atom stereocenters. The fraction of sp³-hybridized carbons (Fsp3) is 0.318. The van der Waals surface area contributed by atoms with Gasteiger partial charge in [0.05, 0.1) is 0 Å². The van der Waals surface area contributed by atoms with Crippen LogP contribution in [0.5, 0.6) is 0 Å². The third-order valence-corrected chi connectivity index (χ3v) is 5.34. The molecule has 0 aliphatic carbocycles. The van der Waals surface area contributed by atoms with Crippen LogP contribution in [0, 0.1) is 19.8 Å². The number of carbonyl (C=O) groups excluding carboxylic acids is 2. The van der Waals surface area contributed by atoms with Crippen molar-refractivity contribution in [1.29, 1.82) is 0 Å². The van der Waals surface area contributed by atoms with Gasteiger partial charge < -0.3 is 9.32 Å². The molecule has 29 heavy (non-hydrogen) atoms. The van der Waals surface area contributed by atoms with Gasteiger partial charge in [-0.2, -0.15) is 4.98 Å². The molecule has 0 unspecified atom stereocenters. The van der Waals surface area contributed by atoms with E-state index in [0.717, 1.165) is 22.2 Å². The van der Waals surface area contributed by atoms with Crippen molar-refractivity contribution >= 4 is 28.9 Å². The van der Waals surface area contributed by atoms with Gasteiger partial charge in [0.15, 0.2) is 5.58 Å². The van der Waals surface area contributed by atoms with Gasteiger partial charge in [0.1, 0.15) is 5.52 Å². The number of hydrazine groups is 1. The number of hydrogen-bond donors (Lipinski definition) is 2. The van der Waals surface area contributed by atoms with E-state index in [4.69, 9.17) is 4.42 Å². The van der Waals surface area contributed by atoms with Crippen LogP contribution in [0.1, 0.15) is 34.3 Å². The Kier molecular flexibility index (Phi) is 5.20. The first-order chi connectivity index (χ1) is 14.0. The molecule has 2 aromatic carbocycles.